The molecule has 1 aliphatic carbocycles. The third-order valence-corrected chi connectivity index (χ3v) is 4.29. The van der Waals surface area contributed by atoms with Crippen molar-refractivity contribution >= 4 is 5.91 Å². The van der Waals surface area contributed by atoms with Crippen LogP contribution in [0, 0.1) is 5.92 Å². The quantitative estimate of drug-likeness (QED) is 0.549. The second-order valence-electron chi connectivity index (χ2n) is 6.17. The average molecular weight is 268 g/mol. The molecule has 0 radical (unpaired) electrons. The predicted molar refractivity (Wildman–Crippen MR) is 80.9 cm³/mol. The van der Waals surface area contributed by atoms with E-state index >= 15 is 0 Å². The van der Waals surface area contributed by atoms with Crippen molar-refractivity contribution in [2.45, 2.75) is 90.1 Å². The van der Waals surface area contributed by atoms with Crippen LogP contribution in [-0.4, -0.2) is 18.0 Å². The monoisotopic (exact) mass is 268 g/mol. The Morgan fingerprint density at radius 1 is 1.21 bits per heavy atom. The lowest BCUT2D eigenvalue weighted by Crippen LogP contribution is -2.44. The Morgan fingerprint density at radius 3 is 2.68 bits per heavy atom. The molecule has 0 spiro atoms. The van der Waals surface area contributed by atoms with E-state index in [-0.39, 0.29) is 17.9 Å². The Kier molecular flexibility index (Phi) is 8.11. The summed E-state index contributed by atoms with van der Waals surface area (Å²) >= 11 is 0. The van der Waals surface area contributed by atoms with Gasteiger partial charge in [-0.2, -0.15) is 0 Å². The molecule has 0 aromatic heterocycles. The van der Waals surface area contributed by atoms with Crippen molar-refractivity contribution in [1.82, 2.24) is 5.32 Å². The molecule has 0 bridgehead atoms. The second kappa shape index (κ2) is 9.35. The van der Waals surface area contributed by atoms with E-state index in [1.165, 1.54) is 38.5 Å². The fraction of sp³-hybridized carbons (Fsp3) is 0.938. The number of carbonyl (C=O) groups excluding carboxylic acids is 1. The highest BCUT2D eigenvalue weighted by Crippen LogP contribution is 2.22. The summed E-state index contributed by atoms with van der Waals surface area (Å²) in [4.78, 5) is 12.3. The molecule has 0 heterocycles. The molecule has 1 aliphatic rings. The molecule has 3 atom stereocenters. The minimum atomic E-state index is 0.0422. The van der Waals surface area contributed by atoms with E-state index in [0.717, 1.165) is 25.7 Å². The summed E-state index contributed by atoms with van der Waals surface area (Å²) in [6.07, 6.45) is 11.7. The summed E-state index contributed by atoms with van der Waals surface area (Å²) in [5.41, 5.74) is 6.13. The highest BCUT2D eigenvalue weighted by atomic mass is 16.2. The molecule has 0 aromatic carbocycles. The summed E-state index contributed by atoms with van der Waals surface area (Å²) in [6, 6.07) is 0.356. The molecule has 1 rings (SSSR count). The first-order chi connectivity index (χ1) is 9.15. The third-order valence-electron chi connectivity index (χ3n) is 4.29. The molecule has 1 saturated carbocycles. The van der Waals surface area contributed by atoms with Crippen LogP contribution < -0.4 is 11.1 Å². The van der Waals surface area contributed by atoms with Gasteiger partial charge in [0, 0.05) is 12.1 Å². The summed E-state index contributed by atoms with van der Waals surface area (Å²) in [5.74, 6) is 0.234. The number of hydrogen-bond donors (Lipinski definition) is 2. The molecule has 0 aromatic rings. The van der Waals surface area contributed by atoms with Gasteiger partial charge in [0.15, 0.2) is 0 Å². The van der Waals surface area contributed by atoms with Crippen LogP contribution in [-0.2, 0) is 4.79 Å². The largest absolute Gasteiger partial charge is 0.353 e. The molecule has 1 fully saturated rings. The van der Waals surface area contributed by atoms with Gasteiger partial charge < -0.3 is 11.1 Å². The molecule has 3 nitrogen and oxygen atoms in total. The molecular formula is C16H32N2O. The van der Waals surface area contributed by atoms with E-state index in [4.69, 9.17) is 5.73 Å². The maximum atomic E-state index is 12.3. The minimum absolute atomic E-state index is 0.0422. The normalized spacial score (nSPS) is 25.6. The van der Waals surface area contributed by atoms with Crippen LogP contribution in [0.25, 0.3) is 0 Å². The number of rotatable bonds is 7. The smallest absolute Gasteiger partial charge is 0.224 e. The molecule has 3 heteroatoms. The molecular weight excluding hydrogens is 236 g/mol. The van der Waals surface area contributed by atoms with E-state index < -0.39 is 0 Å². The van der Waals surface area contributed by atoms with Crippen molar-refractivity contribution < 1.29 is 4.79 Å². The lowest BCUT2D eigenvalue weighted by Gasteiger charge is -2.23. The van der Waals surface area contributed by atoms with Crippen LogP contribution in [0.4, 0.5) is 0 Å². The zero-order chi connectivity index (χ0) is 14.1. The fourth-order valence-corrected chi connectivity index (χ4v) is 2.96. The third kappa shape index (κ3) is 6.42. The molecule has 19 heavy (non-hydrogen) atoms. The van der Waals surface area contributed by atoms with Crippen LogP contribution >= 0.6 is 0 Å². The lowest BCUT2D eigenvalue weighted by atomic mass is 9.94. The number of carbonyl (C=O) groups is 1. The summed E-state index contributed by atoms with van der Waals surface area (Å²) < 4.78 is 0. The number of unbranched alkanes of at least 4 members (excludes halogenated alkanes) is 3. The highest BCUT2D eigenvalue weighted by molar-refractivity contribution is 5.79. The van der Waals surface area contributed by atoms with Gasteiger partial charge in [0.1, 0.15) is 0 Å². The Labute approximate surface area is 118 Å². The highest BCUT2D eigenvalue weighted by Gasteiger charge is 2.27. The van der Waals surface area contributed by atoms with E-state index in [1.54, 1.807) is 0 Å². The van der Waals surface area contributed by atoms with Gasteiger partial charge in [-0.15, -0.1) is 0 Å². The van der Waals surface area contributed by atoms with E-state index in [2.05, 4.69) is 19.2 Å². The van der Waals surface area contributed by atoms with Gasteiger partial charge in [0.05, 0.1) is 5.92 Å². The van der Waals surface area contributed by atoms with Gasteiger partial charge >= 0.3 is 0 Å². The van der Waals surface area contributed by atoms with Crippen LogP contribution in [0.1, 0.15) is 78.1 Å². The maximum absolute atomic E-state index is 12.3. The Hall–Kier alpha value is -0.570. The second-order valence-corrected chi connectivity index (χ2v) is 6.17. The van der Waals surface area contributed by atoms with Gasteiger partial charge in [0.25, 0.3) is 0 Å². The zero-order valence-electron chi connectivity index (χ0n) is 12.8. The molecule has 3 unspecified atom stereocenters. The molecule has 0 aliphatic heterocycles. The van der Waals surface area contributed by atoms with Crippen LogP contribution in [0.3, 0.4) is 0 Å². The van der Waals surface area contributed by atoms with E-state index in [9.17, 15) is 4.79 Å². The van der Waals surface area contributed by atoms with Gasteiger partial charge in [-0.05, 0) is 26.2 Å². The number of hydrogen-bond acceptors (Lipinski definition) is 2. The minimum Gasteiger partial charge on any atom is -0.353 e. The van der Waals surface area contributed by atoms with E-state index in [0.29, 0.717) is 6.04 Å². The molecule has 112 valence electrons. The van der Waals surface area contributed by atoms with Crippen molar-refractivity contribution in [3.8, 4) is 0 Å². The molecule has 1 amide bonds. The Bertz CT molecular complexity index is 255. The Balaban J connectivity index is 2.27. The first-order valence-electron chi connectivity index (χ1n) is 8.21. The van der Waals surface area contributed by atoms with Gasteiger partial charge in [-0.1, -0.05) is 51.9 Å². The van der Waals surface area contributed by atoms with Crippen LogP contribution in [0.5, 0.6) is 0 Å². The van der Waals surface area contributed by atoms with Crippen molar-refractivity contribution in [2.75, 3.05) is 0 Å². The summed E-state index contributed by atoms with van der Waals surface area (Å²) in [5, 5.41) is 3.17. The maximum Gasteiger partial charge on any atom is 0.224 e. The lowest BCUT2D eigenvalue weighted by molar-refractivity contribution is -0.126. The van der Waals surface area contributed by atoms with Crippen molar-refractivity contribution in [2.24, 2.45) is 11.7 Å². The fourth-order valence-electron chi connectivity index (χ4n) is 2.96. The number of amides is 1. The average Bonchev–Trinajstić information content (AvgIpc) is 2.59. The summed E-state index contributed by atoms with van der Waals surface area (Å²) in [6.45, 7) is 4.34. The van der Waals surface area contributed by atoms with Gasteiger partial charge in [-0.25, -0.2) is 0 Å². The zero-order valence-corrected chi connectivity index (χ0v) is 12.8. The topological polar surface area (TPSA) is 55.1 Å². The first kappa shape index (κ1) is 16.5. The van der Waals surface area contributed by atoms with Crippen molar-refractivity contribution in [3.63, 3.8) is 0 Å². The van der Waals surface area contributed by atoms with E-state index in [1.807, 2.05) is 0 Å². The van der Waals surface area contributed by atoms with Crippen LogP contribution in [0.2, 0.25) is 0 Å². The summed E-state index contributed by atoms with van der Waals surface area (Å²) in [7, 11) is 0. The SMILES string of the molecule is CCCCCCC(C)NC(=O)C1CCCCCC1N. The molecule has 3 N–H and O–H groups in total. The van der Waals surface area contributed by atoms with Crippen molar-refractivity contribution in [3.05, 3.63) is 0 Å². The van der Waals surface area contributed by atoms with Crippen molar-refractivity contribution in [1.29, 1.82) is 0 Å². The standard InChI is InChI=1S/C16H32N2O/c1-3-4-5-7-10-13(2)18-16(19)14-11-8-6-9-12-15(14)17/h13-15H,3-12,17H2,1-2H3,(H,18,19). The molecule has 0 saturated heterocycles. The van der Waals surface area contributed by atoms with Gasteiger partial charge in [-0.3, -0.25) is 4.79 Å². The van der Waals surface area contributed by atoms with Gasteiger partial charge in [0.2, 0.25) is 5.91 Å². The van der Waals surface area contributed by atoms with Crippen LogP contribution in [0.15, 0.2) is 0 Å². The number of nitrogens with one attached hydrogen (secondary N) is 1. The predicted octanol–water partition coefficient (Wildman–Crippen LogP) is 3.37. The Morgan fingerprint density at radius 2 is 1.95 bits per heavy atom. The first-order valence-corrected chi connectivity index (χ1v) is 8.21. The number of nitrogens with two attached hydrogens (primary N) is 1.